The highest BCUT2D eigenvalue weighted by atomic mass is 32.2. The largest absolute Gasteiger partial charge is 0.249 e. The Kier molecular flexibility index (Phi) is 8.20. The standard InChI is InChI=1S/C17H24OS/c1-3-5-7-11-16(10-4-2)14-15-19(18)17-12-8-6-9-13-17/h6,8-9,12-13,15H,3-5,7,10-11H2,1-2H3. The van der Waals surface area contributed by atoms with Crippen molar-refractivity contribution in [1.29, 1.82) is 0 Å². The second-order valence-electron chi connectivity index (χ2n) is 4.68. The molecule has 0 saturated heterocycles. The molecule has 0 amide bonds. The van der Waals surface area contributed by atoms with E-state index in [1.54, 1.807) is 5.41 Å². The van der Waals surface area contributed by atoms with Gasteiger partial charge in [-0.3, -0.25) is 0 Å². The molecule has 0 radical (unpaired) electrons. The van der Waals surface area contributed by atoms with Gasteiger partial charge in [0, 0.05) is 10.3 Å². The molecule has 0 aliphatic rings. The molecule has 19 heavy (non-hydrogen) atoms. The van der Waals surface area contributed by atoms with E-state index in [0.717, 1.165) is 24.2 Å². The fourth-order valence-corrected chi connectivity index (χ4v) is 2.75. The fraction of sp³-hybridized carbons (Fsp3) is 0.471. The van der Waals surface area contributed by atoms with Crippen LogP contribution >= 0.6 is 0 Å². The zero-order valence-electron chi connectivity index (χ0n) is 12.0. The number of unbranched alkanes of at least 4 members (excludes halogenated alkanes) is 2. The maximum absolute atomic E-state index is 12.1. The van der Waals surface area contributed by atoms with Crippen LogP contribution in [-0.2, 0) is 10.8 Å². The van der Waals surface area contributed by atoms with E-state index >= 15 is 0 Å². The Hall–Kier alpha value is -1.11. The van der Waals surface area contributed by atoms with Gasteiger partial charge in [0.2, 0.25) is 0 Å². The third-order valence-electron chi connectivity index (χ3n) is 2.98. The molecule has 1 rings (SSSR count). The molecule has 0 N–H and O–H groups in total. The molecule has 1 aromatic rings. The van der Waals surface area contributed by atoms with E-state index in [1.165, 1.54) is 24.8 Å². The number of hydrogen-bond donors (Lipinski definition) is 0. The van der Waals surface area contributed by atoms with Crippen LogP contribution in [0.15, 0.2) is 51.9 Å². The van der Waals surface area contributed by atoms with Crippen LogP contribution in [0, 0.1) is 0 Å². The Morgan fingerprint density at radius 2 is 1.84 bits per heavy atom. The van der Waals surface area contributed by atoms with Crippen LogP contribution in [0.25, 0.3) is 0 Å². The SMILES string of the molecule is CCCCCC(=C=CS(=O)c1ccccc1)CCC. The highest BCUT2D eigenvalue weighted by Crippen LogP contribution is 2.14. The quantitative estimate of drug-likeness (QED) is 0.470. The summed E-state index contributed by atoms with van der Waals surface area (Å²) in [6.07, 6.45) is 6.98. The molecule has 1 atom stereocenters. The van der Waals surface area contributed by atoms with Crippen molar-refractivity contribution in [3.05, 3.63) is 47.0 Å². The molecule has 0 heterocycles. The summed E-state index contributed by atoms with van der Waals surface area (Å²) in [6.45, 7) is 4.39. The maximum Gasteiger partial charge on any atom is 0.0854 e. The summed E-state index contributed by atoms with van der Waals surface area (Å²) >= 11 is 0. The minimum absolute atomic E-state index is 0.847. The second kappa shape index (κ2) is 9.77. The fourth-order valence-electron chi connectivity index (χ4n) is 1.92. The van der Waals surface area contributed by atoms with Gasteiger partial charge in [0.25, 0.3) is 0 Å². The van der Waals surface area contributed by atoms with Crippen molar-refractivity contribution in [2.24, 2.45) is 0 Å². The molecule has 0 spiro atoms. The monoisotopic (exact) mass is 276 g/mol. The average molecular weight is 276 g/mol. The molecular formula is C17H24OS. The summed E-state index contributed by atoms with van der Waals surface area (Å²) in [7, 11) is -1.07. The topological polar surface area (TPSA) is 17.1 Å². The molecule has 2 heteroatoms. The minimum atomic E-state index is -1.07. The van der Waals surface area contributed by atoms with Crippen LogP contribution in [0.4, 0.5) is 0 Å². The molecule has 0 aliphatic carbocycles. The van der Waals surface area contributed by atoms with Gasteiger partial charge in [0.15, 0.2) is 0 Å². The lowest BCUT2D eigenvalue weighted by atomic mass is 10.0. The van der Waals surface area contributed by atoms with Crippen LogP contribution in [-0.4, -0.2) is 4.21 Å². The summed E-state index contributed by atoms with van der Waals surface area (Å²) in [6, 6.07) is 9.56. The normalized spacial score (nSPS) is 11.7. The van der Waals surface area contributed by atoms with Crippen LogP contribution in [0.3, 0.4) is 0 Å². The first-order valence-corrected chi connectivity index (χ1v) is 8.39. The lowest BCUT2D eigenvalue weighted by molar-refractivity contribution is 0.687. The van der Waals surface area contributed by atoms with Gasteiger partial charge in [0.05, 0.1) is 10.8 Å². The third-order valence-corrected chi connectivity index (χ3v) is 4.05. The first kappa shape index (κ1) is 15.9. The van der Waals surface area contributed by atoms with Crippen molar-refractivity contribution in [2.75, 3.05) is 0 Å². The smallest absolute Gasteiger partial charge is 0.0854 e. The van der Waals surface area contributed by atoms with Crippen LogP contribution < -0.4 is 0 Å². The Morgan fingerprint density at radius 3 is 2.47 bits per heavy atom. The van der Waals surface area contributed by atoms with Crippen molar-refractivity contribution in [3.8, 4) is 0 Å². The highest BCUT2D eigenvalue weighted by molar-refractivity contribution is 7.88. The Labute approximate surface area is 119 Å². The molecule has 0 saturated carbocycles. The molecule has 104 valence electrons. The molecular weight excluding hydrogens is 252 g/mol. The second-order valence-corrected chi connectivity index (χ2v) is 5.99. The van der Waals surface area contributed by atoms with Crippen molar-refractivity contribution in [2.45, 2.75) is 57.3 Å². The van der Waals surface area contributed by atoms with Crippen LogP contribution in [0.5, 0.6) is 0 Å². The van der Waals surface area contributed by atoms with Gasteiger partial charge in [-0.2, -0.15) is 0 Å². The summed E-state index contributed by atoms with van der Waals surface area (Å²) in [5, 5.41) is 1.71. The first-order valence-electron chi connectivity index (χ1n) is 7.18. The highest BCUT2D eigenvalue weighted by Gasteiger charge is 1.98. The summed E-state index contributed by atoms with van der Waals surface area (Å²) in [5.41, 5.74) is 4.58. The zero-order valence-corrected chi connectivity index (χ0v) is 12.8. The Balaban J connectivity index is 2.71. The van der Waals surface area contributed by atoms with Crippen molar-refractivity contribution < 1.29 is 4.21 Å². The van der Waals surface area contributed by atoms with E-state index in [1.807, 2.05) is 30.3 Å². The van der Waals surface area contributed by atoms with Gasteiger partial charge < -0.3 is 0 Å². The van der Waals surface area contributed by atoms with Gasteiger partial charge >= 0.3 is 0 Å². The van der Waals surface area contributed by atoms with E-state index in [2.05, 4.69) is 19.6 Å². The lowest BCUT2D eigenvalue weighted by Crippen LogP contribution is -1.86. The molecule has 1 unspecified atom stereocenters. The van der Waals surface area contributed by atoms with E-state index in [-0.39, 0.29) is 0 Å². The predicted molar refractivity (Wildman–Crippen MR) is 83.5 cm³/mol. The van der Waals surface area contributed by atoms with Gasteiger partial charge in [0.1, 0.15) is 0 Å². The Bertz CT molecular complexity index is 442. The van der Waals surface area contributed by atoms with Crippen molar-refractivity contribution in [3.63, 3.8) is 0 Å². The van der Waals surface area contributed by atoms with Gasteiger partial charge in [-0.1, -0.05) is 51.3 Å². The molecule has 1 nitrogen and oxygen atoms in total. The lowest BCUT2D eigenvalue weighted by Gasteiger charge is -2.02. The molecule has 0 aromatic heterocycles. The summed E-state index contributed by atoms with van der Waals surface area (Å²) in [4.78, 5) is 0.847. The molecule has 1 aromatic carbocycles. The first-order chi connectivity index (χ1) is 9.27. The Morgan fingerprint density at radius 1 is 1.11 bits per heavy atom. The molecule has 0 bridgehead atoms. The predicted octanol–water partition coefficient (Wildman–Crippen LogP) is 5.21. The molecule has 0 aliphatic heterocycles. The number of benzene rings is 1. The zero-order chi connectivity index (χ0) is 13.9. The van der Waals surface area contributed by atoms with Gasteiger partial charge in [-0.05, 0) is 37.0 Å². The molecule has 0 fully saturated rings. The van der Waals surface area contributed by atoms with E-state index in [4.69, 9.17) is 0 Å². The average Bonchev–Trinajstić information content (AvgIpc) is 2.45. The van der Waals surface area contributed by atoms with Gasteiger partial charge in [-0.25, -0.2) is 4.21 Å². The van der Waals surface area contributed by atoms with E-state index in [9.17, 15) is 4.21 Å². The minimum Gasteiger partial charge on any atom is -0.249 e. The maximum atomic E-state index is 12.1. The number of rotatable bonds is 8. The van der Waals surface area contributed by atoms with Gasteiger partial charge in [-0.15, -0.1) is 5.73 Å². The third kappa shape index (κ3) is 6.56. The summed E-state index contributed by atoms with van der Waals surface area (Å²) < 4.78 is 12.1. The summed E-state index contributed by atoms with van der Waals surface area (Å²) in [5.74, 6) is 0. The van der Waals surface area contributed by atoms with E-state index < -0.39 is 10.8 Å². The number of hydrogen-bond acceptors (Lipinski definition) is 1. The van der Waals surface area contributed by atoms with E-state index in [0.29, 0.717) is 0 Å². The van der Waals surface area contributed by atoms with Crippen LogP contribution in [0.1, 0.15) is 52.4 Å². The van der Waals surface area contributed by atoms with Crippen molar-refractivity contribution >= 4 is 10.8 Å². The number of allylic oxidation sites excluding steroid dienone is 1. The van der Waals surface area contributed by atoms with Crippen molar-refractivity contribution in [1.82, 2.24) is 0 Å². The van der Waals surface area contributed by atoms with Crippen LogP contribution in [0.2, 0.25) is 0 Å².